The van der Waals surface area contributed by atoms with Crippen LogP contribution in [0.5, 0.6) is 0 Å². The fraction of sp³-hybridized carbons (Fsp3) is 0.250. The Morgan fingerprint density at radius 2 is 1.71 bits per heavy atom. The van der Waals surface area contributed by atoms with Gasteiger partial charge in [0.15, 0.2) is 0 Å². The molecule has 0 unspecified atom stereocenters. The molecule has 0 aliphatic heterocycles. The van der Waals surface area contributed by atoms with Gasteiger partial charge in [-0.25, -0.2) is 0 Å². The zero-order valence-electron chi connectivity index (χ0n) is 9.75. The molecule has 0 bridgehead atoms. The lowest BCUT2D eigenvalue weighted by atomic mass is 9.94. The van der Waals surface area contributed by atoms with Gasteiger partial charge in [-0.3, -0.25) is 0 Å². The predicted molar refractivity (Wildman–Crippen MR) is 76.5 cm³/mol. The maximum Gasteiger partial charge on any atom is 0.0286 e. The molecule has 1 heteroatoms. The van der Waals surface area contributed by atoms with Crippen molar-refractivity contribution in [2.24, 2.45) is 0 Å². The number of rotatable bonds is 1. The van der Waals surface area contributed by atoms with Gasteiger partial charge in [-0.1, -0.05) is 58.4 Å². The molecule has 0 fully saturated rings. The van der Waals surface area contributed by atoms with Crippen molar-refractivity contribution in [3.63, 3.8) is 0 Å². The van der Waals surface area contributed by atoms with E-state index in [9.17, 15) is 0 Å². The zero-order valence-corrected chi connectivity index (χ0v) is 11.3. The van der Waals surface area contributed by atoms with E-state index in [0.29, 0.717) is 0 Å². The van der Waals surface area contributed by atoms with Crippen molar-refractivity contribution in [2.45, 2.75) is 24.6 Å². The lowest BCUT2D eigenvalue weighted by Gasteiger charge is -2.12. The summed E-state index contributed by atoms with van der Waals surface area (Å²) in [6.45, 7) is 0. The summed E-state index contributed by atoms with van der Waals surface area (Å²) in [5.41, 5.74) is 7.35. The molecule has 0 nitrogen and oxygen atoms in total. The molecule has 0 atom stereocenters. The van der Waals surface area contributed by atoms with Crippen molar-refractivity contribution >= 4 is 15.9 Å². The summed E-state index contributed by atoms with van der Waals surface area (Å²) >= 11 is 3.60. The van der Waals surface area contributed by atoms with Crippen LogP contribution in [0.1, 0.15) is 23.1 Å². The maximum absolute atomic E-state index is 3.60. The van der Waals surface area contributed by atoms with E-state index in [0.717, 1.165) is 5.33 Å². The Morgan fingerprint density at radius 3 is 2.59 bits per heavy atom. The molecule has 0 aromatic heterocycles. The Balaban J connectivity index is 2.26. The smallest absolute Gasteiger partial charge is 0.0286 e. The lowest BCUT2D eigenvalue weighted by Crippen LogP contribution is -1.93. The van der Waals surface area contributed by atoms with Crippen molar-refractivity contribution in [2.75, 3.05) is 0 Å². The third-order valence-corrected chi connectivity index (χ3v) is 4.20. The SMILES string of the molecule is BrCc1cccc2c1CCCc1ccccc1-2. The molecule has 1 aliphatic carbocycles. The van der Waals surface area contributed by atoms with E-state index in [1.807, 2.05) is 0 Å². The highest BCUT2D eigenvalue weighted by Crippen LogP contribution is 2.34. The number of halogens is 1. The normalized spacial score (nSPS) is 13.7. The summed E-state index contributed by atoms with van der Waals surface area (Å²) in [7, 11) is 0. The number of alkyl halides is 1. The molecule has 2 aromatic rings. The van der Waals surface area contributed by atoms with Crippen molar-refractivity contribution in [1.29, 1.82) is 0 Å². The van der Waals surface area contributed by atoms with Gasteiger partial charge in [-0.15, -0.1) is 0 Å². The monoisotopic (exact) mass is 286 g/mol. The molecule has 17 heavy (non-hydrogen) atoms. The number of benzene rings is 2. The van der Waals surface area contributed by atoms with Crippen LogP contribution in [0.4, 0.5) is 0 Å². The summed E-state index contributed by atoms with van der Waals surface area (Å²) in [4.78, 5) is 0. The molecule has 0 N–H and O–H groups in total. The van der Waals surface area contributed by atoms with E-state index in [4.69, 9.17) is 0 Å². The van der Waals surface area contributed by atoms with E-state index in [1.54, 1.807) is 0 Å². The fourth-order valence-corrected chi connectivity index (χ4v) is 3.29. The number of fused-ring (bicyclic) bond motifs is 3. The van der Waals surface area contributed by atoms with Crippen molar-refractivity contribution in [1.82, 2.24) is 0 Å². The van der Waals surface area contributed by atoms with Gasteiger partial charge in [0, 0.05) is 5.33 Å². The van der Waals surface area contributed by atoms with Gasteiger partial charge < -0.3 is 0 Å². The topological polar surface area (TPSA) is 0 Å². The maximum atomic E-state index is 3.60. The first-order chi connectivity index (χ1) is 8.40. The summed E-state index contributed by atoms with van der Waals surface area (Å²) in [5.74, 6) is 0. The lowest BCUT2D eigenvalue weighted by molar-refractivity contribution is 0.830. The summed E-state index contributed by atoms with van der Waals surface area (Å²) in [5, 5.41) is 0.957. The van der Waals surface area contributed by atoms with Crippen molar-refractivity contribution in [3.05, 3.63) is 59.2 Å². The van der Waals surface area contributed by atoms with Crippen LogP contribution < -0.4 is 0 Å². The molecule has 0 heterocycles. The van der Waals surface area contributed by atoms with E-state index in [1.165, 1.54) is 47.1 Å². The van der Waals surface area contributed by atoms with Crippen LogP contribution in [0.15, 0.2) is 42.5 Å². The highest BCUT2D eigenvalue weighted by Gasteiger charge is 2.15. The molecular weight excluding hydrogens is 272 g/mol. The first-order valence-corrected chi connectivity index (χ1v) is 7.27. The molecule has 86 valence electrons. The standard InChI is InChI=1S/C16H15Br/c17-11-13-7-4-10-16-14-8-2-1-5-12(14)6-3-9-15(13)16/h1-2,4-5,7-8,10H,3,6,9,11H2. The third-order valence-electron chi connectivity index (χ3n) is 3.60. The van der Waals surface area contributed by atoms with Crippen molar-refractivity contribution < 1.29 is 0 Å². The highest BCUT2D eigenvalue weighted by atomic mass is 79.9. The van der Waals surface area contributed by atoms with E-state index < -0.39 is 0 Å². The molecule has 2 aromatic carbocycles. The second-order valence-electron chi connectivity index (χ2n) is 4.59. The van der Waals surface area contributed by atoms with E-state index in [2.05, 4.69) is 58.4 Å². The van der Waals surface area contributed by atoms with Crippen LogP contribution in [-0.2, 0) is 18.2 Å². The van der Waals surface area contributed by atoms with Gasteiger partial charge in [0.1, 0.15) is 0 Å². The molecule has 0 saturated carbocycles. The van der Waals surface area contributed by atoms with Crippen LogP contribution in [-0.4, -0.2) is 0 Å². The van der Waals surface area contributed by atoms with Gasteiger partial charge in [0.2, 0.25) is 0 Å². The number of hydrogen-bond acceptors (Lipinski definition) is 0. The average Bonchev–Trinajstić information content (AvgIpc) is 2.58. The Morgan fingerprint density at radius 1 is 0.882 bits per heavy atom. The molecule has 0 saturated heterocycles. The van der Waals surface area contributed by atoms with Crippen LogP contribution in [0.2, 0.25) is 0 Å². The second kappa shape index (κ2) is 4.66. The minimum Gasteiger partial charge on any atom is -0.0876 e. The van der Waals surface area contributed by atoms with Gasteiger partial charge >= 0.3 is 0 Å². The van der Waals surface area contributed by atoms with Gasteiger partial charge in [-0.05, 0) is 47.1 Å². The first-order valence-electron chi connectivity index (χ1n) is 6.15. The predicted octanol–water partition coefficient (Wildman–Crippen LogP) is 4.74. The Kier molecular flexibility index (Phi) is 3.02. The number of aryl methyl sites for hydroxylation is 1. The van der Waals surface area contributed by atoms with Gasteiger partial charge in [-0.2, -0.15) is 0 Å². The first kappa shape index (κ1) is 11.0. The summed E-state index contributed by atoms with van der Waals surface area (Å²) < 4.78 is 0. The summed E-state index contributed by atoms with van der Waals surface area (Å²) in [6, 6.07) is 15.5. The Hall–Kier alpha value is -1.08. The molecule has 1 aliphatic rings. The number of hydrogen-bond donors (Lipinski definition) is 0. The minimum absolute atomic E-state index is 0.957. The van der Waals surface area contributed by atoms with Crippen molar-refractivity contribution in [3.8, 4) is 11.1 Å². The second-order valence-corrected chi connectivity index (χ2v) is 5.15. The zero-order chi connectivity index (χ0) is 11.7. The van der Waals surface area contributed by atoms with E-state index in [-0.39, 0.29) is 0 Å². The van der Waals surface area contributed by atoms with Crippen LogP contribution in [0.25, 0.3) is 11.1 Å². The van der Waals surface area contributed by atoms with Crippen LogP contribution >= 0.6 is 15.9 Å². The molecule has 3 rings (SSSR count). The minimum atomic E-state index is 0.957. The van der Waals surface area contributed by atoms with Gasteiger partial charge in [0.25, 0.3) is 0 Å². The molecule has 0 amide bonds. The molecule has 0 radical (unpaired) electrons. The molecular formula is C16H15Br. The average molecular weight is 287 g/mol. The largest absolute Gasteiger partial charge is 0.0876 e. The Labute approximate surface area is 111 Å². The van der Waals surface area contributed by atoms with E-state index >= 15 is 0 Å². The molecule has 0 spiro atoms. The Bertz CT molecular complexity index is 543. The van der Waals surface area contributed by atoms with Crippen LogP contribution in [0, 0.1) is 0 Å². The summed E-state index contributed by atoms with van der Waals surface area (Å²) in [6.07, 6.45) is 3.66. The third kappa shape index (κ3) is 1.93. The fourth-order valence-electron chi connectivity index (χ4n) is 2.76. The quantitative estimate of drug-likeness (QED) is 0.665. The van der Waals surface area contributed by atoms with Crippen LogP contribution in [0.3, 0.4) is 0 Å². The van der Waals surface area contributed by atoms with Gasteiger partial charge in [0.05, 0.1) is 0 Å². The highest BCUT2D eigenvalue weighted by molar-refractivity contribution is 9.08.